The molecule has 0 fully saturated rings. The van der Waals surface area contributed by atoms with Crippen molar-refractivity contribution in [2.75, 3.05) is 20.2 Å². The van der Waals surface area contributed by atoms with Crippen LogP contribution in [0.15, 0.2) is 23.1 Å². The summed E-state index contributed by atoms with van der Waals surface area (Å²) in [6, 6.07) is 4.29. The van der Waals surface area contributed by atoms with Gasteiger partial charge < -0.3 is 10.8 Å². The minimum atomic E-state index is -3.61. The molecule has 5 nitrogen and oxygen atoms in total. The molecular weight excluding hydrogens is 276 g/mol. The number of rotatable bonds is 4. The molecule has 1 rings (SSSR count). The Kier molecular flexibility index (Phi) is 5.72. The van der Waals surface area contributed by atoms with Crippen LogP contribution in [0.2, 0.25) is 0 Å². The lowest BCUT2D eigenvalue weighted by molar-refractivity contribution is 0.214. The standard InChI is InChI=1S/C14H20N2O3S/c1-11-9-14(7-6-13(11)5-4-8-15)20(18,19)16(3)12(2)10-17/h6-7,9,12,17H,8,10,15H2,1-3H3. The third-order valence-electron chi connectivity index (χ3n) is 3.08. The molecule has 0 aliphatic heterocycles. The van der Waals surface area contributed by atoms with Gasteiger partial charge in [0.2, 0.25) is 10.0 Å². The van der Waals surface area contributed by atoms with Crippen molar-refractivity contribution in [2.45, 2.75) is 24.8 Å². The molecule has 110 valence electrons. The molecule has 0 aromatic heterocycles. The smallest absolute Gasteiger partial charge is 0.243 e. The molecule has 0 amide bonds. The van der Waals surface area contributed by atoms with E-state index in [1.54, 1.807) is 26.0 Å². The molecule has 0 radical (unpaired) electrons. The first-order chi connectivity index (χ1) is 9.34. The van der Waals surface area contributed by atoms with Crippen molar-refractivity contribution in [3.8, 4) is 11.8 Å². The highest BCUT2D eigenvalue weighted by Crippen LogP contribution is 2.19. The Morgan fingerprint density at radius 2 is 2.10 bits per heavy atom. The molecule has 0 bridgehead atoms. The van der Waals surface area contributed by atoms with E-state index in [-0.39, 0.29) is 18.0 Å². The van der Waals surface area contributed by atoms with E-state index in [1.807, 2.05) is 0 Å². The molecule has 0 saturated carbocycles. The van der Waals surface area contributed by atoms with Gasteiger partial charge in [-0.1, -0.05) is 11.8 Å². The van der Waals surface area contributed by atoms with E-state index >= 15 is 0 Å². The fourth-order valence-electron chi connectivity index (χ4n) is 1.60. The van der Waals surface area contributed by atoms with Crippen LogP contribution in [0, 0.1) is 18.8 Å². The van der Waals surface area contributed by atoms with Crippen LogP contribution in [-0.4, -0.2) is 44.1 Å². The topological polar surface area (TPSA) is 83.6 Å². The lowest BCUT2D eigenvalue weighted by Gasteiger charge is -2.22. The molecule has 1 unspecified atom stereocenters. The lowest BCUT2D eigenvalue weighted by Crippen LogP contribution is -2.37. The highest BCUT2D eigenvalue weighted by atomic mass is 32.2. The fourth-order valence-corrected chi connectivity index (χ4v) is 3.04. The Labute approximate surface area is 120 Å². The van der Waals surface area contributed by atoms with E-state index in [4.69, 9.17) is 10.8 Å². The molecular formula is C14H20N2O3S. The van der Waals surface area contributed by atoms with Crippen LogP contribution in [0.1, 0.15) is 18.1 Å². The molecule has 3 N–H and O–H groups in total. The number of nitrogens with two attached hydrogens (primary N) is 1. The Balaban J connectivity index is 3.18. The highest BCUT2D eigenvalue weighted by molar-refractivity contribution is 7.89. The molecule has 6 heteroatoms. The molecule has 1 atom stereocenters. The highest BCUT2D eigenvalue weighted by Gasteiger charge is 2.25. The van der Waals surface area contributed by atoms with Gasteiger partial charge in [-0.15, -0.1) is 0 Å². The van der Waals surface area contributed by atoms with Crippen LogP contribution >= 0.6 is 0 Å². The summed E-state index contributed by atoms with van der Waals surface area (Å²) in [6.07, 6.45) is 0. The molecule has 0 aliphatic carbocycles. The van der Waals surface area contributed by atoms with Crippen molar-refractivity contribution in [1.82, 2.24) is 4.31 Å². The van der Waals surface area contributed by atoms with Crippen LogP contribution in [0.3, 0.4) is 0 Å². The number of sulfonamides is 1. The van der Waals surface area contributed by atoms with E-state index in [9.17, 15) is 8.42 Å². The van der Waals surface area contributed by atoms with Crippen molar-refractivity contribution in [3.63, 3.8) is 0 Å². The minimum Gasteiger partial charge on any atom is -0.395 e. The SMILES string of the molecule is Cc1cc(S(=O)(=O)N(C)C(C)CO)ccc1C#CCN. The van der Waals surface area contributed by atoms with Crippen molar-refractivity contribution >= 4 is 10.0 Å². The maximum Gasteiger partial charge on any atom is 0.243 e. The zero-order chi connectivity index (χ0) is 15.3. The first-order valence-electron chi connectivity index (χ1n) is 6.23. The van der Waals surface area contributed by atoms with Gasteiger partial charge in [0, 0.05) is 18.7 Å². The monoisotopic (exact) mass is 296 g/mol. The summed E-state index contributed by atoms with van der Waals surface area (Å²) in [7, 11) is -2.16. The second-order valence-corrected chi connectivity index (χ2v) is 6.53. The van der Waals surface area contributed by atoms with E-state index < -0.39 is 16.1 Å². The summed E-state index contributed by atoms with van der Waals surface area (Å²) < 4.78 is 25.9. The summed E-state index contributed by atoms with van der Waals surface area (Å²) in [5, 5.41) is 9.08. The first kappa shape index (κ1) is 16.7. The molecule has 1 aromatic rings. The van der Waals surface area contributed by atoms with Crippen LogP contribution in [-0.2, 0) is 10.0 Å². The zero-order valence-corrected chi connectivity index (χ0v) is 12.7. The second kappa shape index (κ2) is 6.86. The third kappa shape index (κ3) is 3.58. The van der Waals surface area contributed by atoms with Gasteiger partial charge in [0.15, 0.2) is 0 Å². The van der Waals surface area contributed by atoms with Crippen molar-refractivity contribution in [1.29, 1.82) is 0 Å². The molecule has 0 heterocycles. The number of likely N-dealkylation sites (N-methyl/N-ethyl adjacent to an activating group) is 1. The Morgan fingerprint density at radius 1 is 1.45 bits per heavy atom. The number of aliphatic hydroxyl groups excluding tert-OH is 1. The average Bonchev–Trinajstić information content (AvgIpc) is 2.44. The third-order valence-corrected chi connectivity index (χ3v) is 5.05. The van der Waals surface area contributed by atoms with Crippen LogP contribution in [0.25, 0.3) is 0 Å². The predicted octanol–water partition coefficient (Wildman–Crippen LogP) is 0.307. The zero-order valence-electron chi connectivity index (χ0n) is 11.9. The van der Waals surface area contributed by atoms with E-state index in [0.29, 0.717) is 0 Å². The van der Waals surface area contributed by atoms with Gasteiger partial charge >= 0.3 is 0 Å². The van der Waals surface area contributed by atoms with Crippen LogP contribution < -0.4 is 5.73 Å². The van der Waals surface area contributed by atoms with Gasteiger partial charge in [0.1, 0.15) is 0 Å². The maximum atomic E-state index is 12.4. The van der Waals surface area contributed by atoms with E-state index in [0.717, 1.165) is 15.4 Å². The Morgan fingerprint density at radius 3 is 2.60 bits per heavy atom. The van der Waals surface area contributed by atoms with Gasteiger partial charge in [-0.3, -0.25) is 0 Å². The summed E-state index contributed by atoms with van der Waals surface area (Å²) in [5.41, 5.74) is 6.85. The predicted molar refractivity (Wildman–Crippen MR) is 78.6 cm³/mol. The Hall–Kier alpha value is -1.39. The van der Waals surface area contributed by atoms with E-state index in [2.05, 4.69) is 11.8 Å². The largest absolute Gasteiger partial charge is 0.395 e. The van der Waals surface area contributed by atoms with Gasteiger partial charge in [0.25, 0.3) is 0 Å². The molecule has 0 spiro atoms. The van der Waals surface area contributed by atoms with Crippen LogP contribution in [0.4, 0.5) is 0 Å². The molecule has 0 aliphatic rings. The lowest BCUT2D eigenvalue weighted by atomic mass is 10.1. The molecule has 20 heavy (non-hydrogen) atoms. The number of nitrogens with zero attached hydrogens (tertiary/aromatic N) is 1. The molecule has 1 aromatic carbocycles. The number of hydrogen-bond donors (Lipinski definition) is 2. The van der Waals surface area contributed by atoms with Crippen LogP contribution in [0.5, 0.6) is 0 Å². The normalized spacial score (nSPS) is 12.9. The van der Waals surface area contributed by atoms with Crippen molar-refractivity contribution in [3.05, 3.63) is 29.3 Å². The van der Waals surface area contributed by atoms with Gasteiger partial charge in [-0.25, -0.2) is 8.42 Å². The second-order valence-electron chi connectivity index (χ2n) is 4.54. The van der Waals surface area contributed by atoms with Crippen molar-refractivity contribution in [2.24, 2.45) is 5.73 Å². The number of aryl methyl sites for hydroxylation is 1. The first-order valence-corrected chi connectivity index (χ1v) is 7.67. The quantitative estimate of drug-likeness (QED) is 0.783. The van der Waals surface area contributed by atoms with Gasteiger partial charge in [-0.2, -0.15) is 4.31 Å². The summed E-state index contributed by atoms with van der Waals surface area (Å²) in [4.78, 5) is 0.191. The number of aliphatic hydroxyl groups is 1. The van der Waals surface area contributed by atoms with E-state index in [1.165, 1.54) is 13.1 Å². The Bertz CT molecular complexity index is 630. The molecule has 0 saturated heterocycles. The minimum absolute atomic E-state index is 0.191. The fraction of sp³-hybridized carbons (Fsp3) is 0.429. The van der Waals surface area contributed by atoms with Gasteiger partial charge in [0.05, 0.1) is 18.0 Å². The summed E-state index contributed by atoms with van der Waals surface area (Å²) >= 11 is 0. The number of hydrogen-bond acceptors (Lipinski definition) is 4. The average molecular weight is 296 g/mol. The summed E-state index contributed by atoms with van der Waals surface area (Å²) in [5.74, 6) is 5.63. The maximum absolute atomic E-state index is 12.4. The summed E-state index contributed by atoms with van der Waals surface area (Å²) in [6.45, 7) is 3.48. The number of benzene rings is 1. The van der Waals surface area contributed by atoms with Gasteiger partial charge in [-0.05, 0) is 37.6 Å². The van der Waals surface area contributed by atoms with Crippen molar-refractivity contribution < 1.29 is 13.5 Å².